The summed E-state index contributed by atoms with van der Waals surface area (Å²) < 4.78 is 7.04. The normalized spacial score (nSPS) is 11.2. The van der Waals surface area contributed by atoms with Gasteiger partial charge in [-0.2, -0.15) is 9.48 Å². The fourth-order valence-electron chi connectivity index (χ4n) is 3.18. The van der Waals surface area contributed by atoms with Gasteiger partial charge in [0.25, 0.3) is 11.2 Å². The molecule has 35 heavy (non-hydrogen) atoms. The van der Waals surface area contributed by atoms with Crippen molar-refractivity contribution in [3.8, 4) is 0 Å². The molecule has 0 fully saturated rings. The Kier molecular flexibility index (Phi) is 6.88. The predicted molar refractivity (Wildman–Crippen MR) is 133 cm³/mol. The highest BCUT2D eigenvalue weighted by molar-refractivity contribution is 7.87. The molecule has 11 heteroatoms. The largest absolute Gasteiger partial charge is 0.332 e. The second-order valence-corrected chi connectivity index (χ2v) is 9.05. The number of rotatable bonds is 6. The van der Waals surface area contributed by atoms with Gasteiger partial charge in [0.15, 0.2) is 11.5 Å². The van der Waals surface area contributed by atoms with Crippen LogP contribution in [0.15, 0.2) is 119 Å². The lowest BCUT2D eigenvalue weighted by molar-refractivity contribution is -0.384. The first-order valence-electron chi connectivity index (χ1n) is 10.4. The number of azo groups is 1. The van der Waals surface area contributed by atoms with Crippen molar-refractivity contribution in [2.24, 2.45) is 28.7 Å². The van der Waals surface area contributed by atoms with Crippen molar-refractivity contribution in [1.29, 1.82) is 0 Å². The van der Waals surface area contributed by atoms with Crippen molar-refractivity contribution in [3.05, 3.63) is 116 Å². The molecule has 0 N–H and O–H groups in total. The van der Waals surface area contributed by atoms with Crippen LogP contribution in [0.25, 0.3) is 0 Å². The molecule has 0 aliphatic heterocycles. The Labute approximate surface area is 202 Å². The molecule has 0 saturated heterocycles. The van der Waals surface area contributed by atoms with Gasteiger partial charge in [-0.25, -0.2) is 4.79 Å². The average Bonchev–Trinajstić information content (AvgIpc) is 2.89. The van der Waals surface area contributed by atoms with Crippen molar-refractivity contribution in [2.75, 3.05) is 0 Å². The first-order chi connectivity index (χ1) is 16.9. The Morgan fingerprint density at radius 3 is 1.83 bits per heavy atom. The third kappa shape index (κ3) is 5.04. The van der Waals surface area contributed by atoms with E-state index in [1.807, 2.05) is 60.7 Å². The summed E-state index contributed by atoms with van der Waals surface area (Å²) in [6.45, 7) is 0. The van der Waals surface area contributed by atoms with E-state index in [1.165, 1.54) is 42.9 Å². The molecule has 0 unspecified atom stereocenters. The summed E-state index contributed by atoms with van der Waals surface area (Å²) in [6.07, 6.45) is 0. The van der Waals surface area contributed by atoms with Crippen molar-refractivity contribution in [1.82, 2.24) is 9.13 Å². The van der Waals surface area contributed by atoms with Gasteiger partial charge in [-0.3, -0.25) is 24.0 Å². The van der Waals surface area contributed by atoms with E-state index in [9.17, 15) is 19.7 Å². The molecule has 0 spiro atoms. The summed E-state index contributed by atoms with van der Waals surface area (Å²) >= 11 is 0. The molecule has 0 amide bonds. The fraction of sp³-hybridized carbons (Fsp3) is 0.0833. The van der Waals surface area contributed by atoms with Crippen molar-refractivity contribution in [3.63, 3.8) is 0 Å². The van der Waals surface area contributed by atoms with E-state index >= 15 is 0 Å². The minimum atomic E-state index is -0.862. The summed E-state index contributed by atoms with van der Waals surface area (Å²) in [5.41, 5.74) is -1.10. The van der Waals surface area contributed by atoms with E-state index in [4.69, 9.17) is 4.36 Å². The van der Waals surface area contributed by atoms with Gasteiger partial charge in [-0.1, -0.05) is 36.4 Å². The van der Waals surface area contributed by atoms with Gasteiger partial charge in [0.2, 0.25) is 0 Å². The number of nitrogens with zero attached hydrogens (tertiary/aromatic N) is 6. The molecule has 0 saturated carbocycles. The Morgan fingerprint density at radius 1 is 0.771 bits per heavy atom. The number of hydrogen-bond acceptors (Lipinski definition) is 7. The molecule has 3 aromatic carbocycles. The van der Waals surface area contributed by atoms with Gasteiger partial charge < -0.3 is 0 Å². The number of nitro benzene ring substituents is 1. The lowest BCUT2D eigenvalue weighted by Crippen LogP contribution is -2.36. The lowest BCUT2D eigenvalue weighted by Gasteiger charge is -2.13. The average molecular weight is 489 g/mol. The van der Waals surface area contributed by atoms with Crippen LogP contribution in [0.3, 0.4) is 0 Å². The zero-order chi connectivity index (χ0) is 24.9. The molecular formula is C24H20N6O4S. The Morgan fingerprint density at radius 2 is 1.31 bits per heavy atom. The molecule has 0 atom stereocenters. The fourth-order valence-corrected chi connectivity index (χ4v) is 4.88. The van der Waals surface area contributed by atoms with Gasteiger partial charge in [0.1, 0.15) is 0 Å². The second kappa shape index (κ2) is 10.2. The van der Waals surface area contributed by atoms with Crippen LogP contribution in [-0.4, -0.2) is 14.1 Å². The van der Waals surface area contributed by atoms with E-state index in [2.05, 4.69) is 10.2 Å². The molecule has 0 bridgehead atoms. The number of benzene rings is 3. The molecule has 0 aliphatic rings. The minimum absolute atomic E-state index is 0.0831. The summed E-state index contributed by atoms with van der Waals surface area (Å²) in [4.78, 5) is 37.9. The first-order valence-corrected chi connectivity index (χ1v) is 11.6. The first kappa shape index (κ1) is 23.6. The lowest BCUT2D eigenvalue weighted by atomic mass is 10.3. The number of nitro groups is 1. The van der Waals surface area contributed by atoms with Gasteiger partial charge >= 0.3 is 5.69 Å². The maximum Gasteiger partial charge on any atom is 0.332 e. The van der Waals surface area contributed by atoms with Crippen LogP contribution >= 0.6 is 0 Å². The predicted octanol–water partition coefficient (Wildman–Crippen LogP) is 4.96. The van der Waals surface area contributed by atoms with Crippen molar-refractivity contribution >= 4 is 33.6 Å². The topological polar surface area (TPSA) is 124 Å². The number of hydrogen-bond donors (Lipinski definition) is 0. The van der Waals surface area contributed by atoms with Crippen molar-refractivity contribution in [2.45, 2.75) is 9.79 Å². The highest BCUT2D eigenvalue weighted by atomic mass is 32.2. The maximum absolute atomic E-state index is 13.0. The quantitative estimate of drug-likeness (QED) is 0.216. The smallest absolute Gasteiger partial charge is 0.279 e. The monoisotopic (exact) mass is 488 g/mol. The molecule has 10 nitrogen and oxygen atoms in total. The Bertz CT molecular complexity index is 1520. The Balaban J connectivity index is 1.92. The van der Waals surface area contributed by atoms with Crippen LogP contribution in [0.2, 0.25) is 0 Å². The van der Waals surface area contributed by atoms with Crippen LogP contribution in [-0.2, 0) is 24.8 Å². The molecule has 4 aromatic rings. The van der Waals surface area contributed by atoms with E-state index in [1.54, 1.807) is 0 Å². The summed E-state index contributed by atoms with van der Waals surface area (Å²) in [5, 5.41) is 19.1. The van der Waals surface area contributed by atoms with Crippen LogP contribution < -0.4 is 11.2 Å². The Hall–Kier alpha value is -4.51. The van der Waals surface area contributed by atoms with Gasteiger partial charge in [0.05, 0.1) is 10.6 Å². The van der Waals surface area contributed by atoms with Gasteiger partial charge in [-0.15, -0.1) is 5.11 Å². The number of aromatic nitrogens is 2. The second-order valence-electron chi connectivity index (χ2n) is 7.35. The third-order valence-electron chi connectivity index (χ3n) is 5.05. The highest BCUT2D eigenvalue weighted by Crippen LogP contribution is 2.29. The third-order valence-corrected chi connectivity index (χ3v) is 6.84. The molecule has 0 aliphatic carbocycles. The van der Waals surface area contributed by atoms with Crippen LogP contribution in [0.5, 0.6) is 0 Å². The molecular weight excluding hydrogens is 468 g/mol. The number of non-ortho nitro benzene ring substituents is 1. The zero-order valence-corrected chi connectivity index (χ0v) is 19.6. The van der Waals surface area contributed by atoms with E-state index < -0.39 is 26.9 Å². The maximum atomic E-state index is 13.0. The minimum Gasteiger partial charge on any atom is -0.279 e. The molecule has 1 heterocycles. The summed E-state index contributed by atoms with van der Waals surface area (Å²) in [7, 11) is 2.01. The van der Waals surface area contributed by atoms with E-state index in [0.717, 1.165) is 14.4 Å². The molecule has 176 valence electrons. The van der Waals surface area contributed by atoms with Gasteiger partial charge in [0, 0.05) is 36.0 Å². The van der Waals surface area contributed by atoms with Crippen LogP contribution in [0, 0.1) is 10.1 Å². The van der Waals surface area contributed by atoms with Crippen molar-refractivity contribution < 1.29 is 4.92 Å². The van der Waals surface area contributed by atoms with E-state index in [-0.39, 0.29) is 17.2 Å². The standard InChI is InChI=1S/C24H20N6O4S/c1-28-22(27-35(19-9-5-3-6-10-19)20-11-7-4-8-12-20)21(23(31)29(2)24(28)32)26-25-17-13-15-18(16-14-17)30(33)34/h3-16H,1-2H3. The van der Waals surface area contributed by atoms with Crippen LogP contribution in [0.4, 0.5) is 22.9 Å². The van der Waals surface area contributed by atoms with Crippen LogP contribution in [0.1, 0.15) is 0 Å². The molecule has 1 aromatic heterocycles. The van der Waals surface area contributed by atoms with Gasteiger partial charge in [-0.05, 0) is 47.1 Å². The summed E-state index contributed by atoms with van der Waals surface area (Å²) in [6, 6.07) is 24.5. The summed E-state index contributed by atoms with van der Waals surface area (Å²) in [5.74, 6) is 0.0831. The SMILES string of the molecule is Cn1c(N=S(c2ccccc2)c2ccccc2)c(N=Nc2ccc([N+](=O)[O-])cc2)c(=O)n(C)c1=O. The zero-order valence-electron chi connectivity index (χ0n) is 18.8. The molecule has 0 radical (unpaired) electrons. The molecule has 4 rings (SSSR count). The highest BCUT2D eigenvalue weighted by Gasteiger charge is 2.17. The van der Waals surface area contributed by atoms with E-state index in [0.29, 0.717) is 5.69 Å².